The highest BCUT2D eigenvalue weighted by Gasteiger charge is 2.38. The lowest BCUT2D eigenvalue weighted by Crippen LogP contribution is -2.37. The quantitative estimate of drug-likeness (QED) is 0.223. The van der Waals surface area contributed by atoms with Crippen molar-refractivity contribution in [1.29, 1.82) is 0 Å². The van der Waals surface area contributed by atoms with Gasteiger partial charge in [0, 0.05) is 30.5 Å². The number of methoxy groups -OCH3 is 3. The Kier molecular flexibility index (Phi) is 9.28. The van der Waals surface area contributed by atoms with Crippen LogP contribution in [0.2, 0.25) is 10.2 Å². The number of ether oxygens (including phenoxy) is 3. The second-order valence-electron chi connectivity index (χ2n) is 10.1. The second-order valence-corrected chi connectivity index (χ2v) is 10.9. The number of carbonyl (C=O) groups is 2. The van der Waals surface area contributed by atoms with Gasteiger partial charge in [0.2, 0.25) is 11.7 Å². The highest BCUT2D eigenvalue weighted by Crippen LogP contribution is 2.47. The maximum Gasteiger partial charge on any atom is 0.260 e. The van der Waals surface area contributed by atoms with Gasteiger partial charge in [-0.05, 0) is 44.1 Å². The minimum Gasteiger partial charge on any atom is -0.492 e. The van der Waals surface area contributed by atoms with Gasteiger partial charge in [-0.25, -0.2) is 4.98 Å². The molecule has 0 spiro atoms. The molecule has 0 aliphatic carbocycles. The van der Waals surface area contributed by atoms with E-state index in [2.05, 4.69) is 25.2 Å². The molecule has 14 heteroatoms. The number of nitrogens with zero attached hydrogens (tertiary/aromatic N) is 4. The standard InChI is InChI=1S/C29H33Cl2N7O5/c1-41-22-17(12-20(30)23(42-2)24(22)43-3)15-38-26-21(25(31)35-29(32)36-26)19(28(38)40)13-18-11-16(14-34-18)27(39)33-7-10-37-8-5-4-6-9-37/h11-14,34H,4-10,15H2,1-3H3,(H,33,39)(H2,32,35,36)/b19-13-. The Morgan fingerprint density at radius 2 is 1.79 bits per heavy atom. The fourth-order valence-corrected chi connectivity index (χ4v) is 5.98. The van der Waals surface area contributed by atoms with Gasteiger partial charge in [-0.3, -0.25) is 14.5 Å². The summed E-state index contributed by atoms with van der Waals surface area (Å²) in [4.78, 5) is 41.9. The first kappa shape index (κ1) is 30.5. The van der Waals surface area contributed by atoms with Crippen molar-refractivity contribution in [1.82, 2.24) is 25.2 Å². The topological polar surface area (TPSA) is 148 Å². The fraction of sp³-hybridized carbons (Fsp3) is 0.379. The van der Waals surface area contributed by atoms with Crippen molar-refractivity contribution in [3.8, 4) is 17.2 Å². The van der Waals surface area contributed by atoms with E-state index in [1.54, 1.807) is 24.4 Å². The molecule has 12 nitrogen and oxygen atoms in total. The minimum atomic E-state index is -0.410. The summed E-state index contributed by atoms with van der Waals surface area (Å²) in [6.07, 6.45) is 6.85. The molecule has 0 bridgehead atoms. The molecular formula is C29H33Cl2N7O5. The first-order valence-electron chi connectivity index (χ1n) is 13.8. The molecule has 2 aliphatic rings. The summed E-state index contributed by atoms with van der Waals surface area (Å²) in [6, 6.07) is 3.30. The Morgan fingerprint density at radius 1 is 1.07 bits per heavy atom. The van der Waals surface area contributed by atoms with Crippen LogP contribution in [-0.4, -0.2) is 79.2 Å². The monoisotopic (exact) mass is 629 g/mol. The number of aromatic nitrogens is 3. The number of nitrogen functional groups attached to an aromatic ring is 1. The molecule has 1 saturated heterocycles. The number of rotatable bonds is 10. The van der Waals surface area contributed by atoms with Crippen molar-refractivity contribution in [2.24, 2.45) is 0 Å². The predicted molar refractivity (Wildman–Crippen MR) is 165 cm³/mol. The average molecular weight is 631 g/mol. The van der Waals surface area contributed by atoms with Crippen LogP contribution >= 0.6 is 23.2 Å². The van der Waals surface area contributed by atoms with Crippen molar-refractivity contribution in [2.45, 2.75) is 25.8 Å². The van der Waals surface area contributed by atoms with Gasteiger partial charge >= 0.3 is 0 Å². The van der Waals surface area contributed by atoms with Crippen LogP contribution in [0.5, 0.6) is 17.2 Å². The molecular weight excluding hydrogens is 597 g/mol. The molecule has 0 saturated carbocycles. The highest BCUT2D eigenvalue weighted by molar-refractivity contribution is 6.41. The van der Waals surface area contributed by atoms with E-state index in [-0.39, 0.29) is 45.7 Å². The molecule has 0 unspecified atom stereocenters. The van der Waals surface area contributed by atoms with E-state index in [9.17, 15) is 9.59 Å². The molecule has 0 atom stereocenters. The van der Waals surface area contributed by atoms with E-state index in [4.69, 9.17) is 43.1 Å². The number of benzene rings is 1. The molecule has 2 aromatic heterocycles. The van der Waals surface area contributed by atoms with Gasteiger partial charge in [0.05, 0.1) is 49.6 Å². The number of hydrogen-bond acceptors (Lipinski definition) is 9. The molecule has 3 aromatic rings. The maximum absolute atomic E-state index is 13.9. The summed E-state index contributed by atoms with van der Waals surface area (Å²) in [7, 11) is 4.40. The molecule has 4 N–H and O–H groups in total. The average Bonchev–Trinajstić information content (AvgIpc) is 3.56. The minimum absolute atomic E-state index is 0.00535. The first-order chi connectivity index (χ1) is 20.7. The van der Waals surface area contributed by atoms with Crippen LogP contribution in [0, 0.1) is 0 Å². The van der Waals surface area contributed by atoms with Crippen LogP contribution in [0.15, 0.2) is 18.3 Å². The first-order valence-corrected chi connectivity index (χ1v) is 14.5. The molecule has 2 aliphatic heterocycles. The van der Waals surface area contributed by atoms with Crippen molar-refractivity contribution in [3.63, 3.8) is 0 Å². The molecule has 2 amide bonds. The largest absolute Gasteiger partial charge is 0.492 e. The van der Waals surface area contributed by atoms with Crippen molar-refractivity contribution >= 4 is 58.4 Å². The number of fused-ring (bicyclic) bond motifs is 1. The molecule has 228 valence electrons. The van der Waals surface area contributed by atoms with Crippen LogP contribution in [0.25, 0.3) is 11.6 Å². The fourth-order valence-electron chi connectivity index (χ4n) is 5.42. The third-order valence-electron chi connectivity index (χ3n) is 7.46. The van der Waals surface area contributed by atoms with Crippen molar-refractivity contribution < 1.29 is 23.8 Å². The van der Waals surface area contributed by atoms with Gasteiger partial charge < -0.3 is 35.1 Å². The summed E-state index contributed by atoms with van der Waals surface area (Å²) in [6.45, 7) is 3.49. The van der Waals surface area contributed by atoms with Crippen LogP contribution in [0.1, 0.15) is 46.4 Å². The van der Waals surface area contributed by atoms with E-state index in [1.165, 1.54) is 45.5 Å². The molecule has 0 radical (unpaired) electrons. The smallest absolute Gasteiger partial charge is 0.260 e. The van der Waals surface area contributed by atoms with Crippen LogP contribution in [0.3, 0.4) is 0 Å². The van der Waals surface area contributed by atoms with Crippen molar-refractivity contribution in [3.05, 3.63) is 50.9 Å². The lowest BCUT2D eigenvalue weighted by molar-refractivity contribution is -0.113. The lowest BCUT2D eigenvalue weighted by Gasteiger charge is -2.26. The molecule has 1 fully saturated rings. The van der Waals surface area contributed by atoms with Crippen LogP contribution in [0.4, 0.5) is 11.8 Å². The van der Waals surface area contributed by atoms with E-state index in [1.807, 2.05) is 0 Å². The number of anilines is 2. The number of piperidine rings is 1. The molecule has 5 rings (SSSR count). The molecule has 43 heavy (non-hydrogen) atoms. The summed E-state index contributed by atoms with van der Waals surface area (Å²) in [5.74, 6) is 0.433. The number of amides is 2. The van der Waals surface area contributed by atoms with E-state index in [0.29, 0.717) is 40.4 Å². The normalized spacial score (nSPS) is 16.0. The summed E-state index contributed by atoms with van der Waals surface area (Å²) < 4.78 is 16.5. The van der Waals surface area contributed by atoms with E-state index in [0.717, 1.165) is 19.6 Å². The zero-order valence-corrected chi connectivity index (χ0v) is 25.6. The van der Waals surface area contributed by atoms with E-state index < -0.39 is 5.91 Å². The number of likely N-dealkylation sites (tertiary alicyclic amines) is 1. The van der Waals surface area contributed by atoms with Gasteiger partial charge in [0.15, 0.2) is 17.3 Å². The number of halogens is 2. The van der Waals surface area contributed by atoms with Crippen LogP contribution in [-0.2, 0) is 11.3 Å². The Morgan fingerprint density at radius 3 is 2.49 bits per heavy atom. The van der Waals surface area contributed by atoms with Gasteiger partial charge in [-0.2, -0.15) is 4.98 Å². The molecule has 4 heterocycles. The summed E-state index contributed by atoms with van der Waals surface area (Å²) in [5, 5.41) is 3.25. The number of hydrogen-bond donors (Lipinski definition) is 3. The Hall–Kier alpha value is -4.00. The zero-order valence-electron chi connectivity index (χ0n) is 24.1. The second kappa shape index (κ2) is 13.1. The Labute approximate surface area is 259 Å². The van der Waals surface area contributed by atoms with Crippen LogP contribution < -0.4 is 30.2 Å². The summed E-state index contributed by atoms with van der Waals surface area (Å²) >= 11 is 13.0. The predicted octanol–water partition coefficient (Wildman–Crippen LogP) is 4.02. The molecule has 1 aromatic carbocycles. The van der Waals surface area contributed by atoms with Gasteiger partial charge in [-0.1, -0.05) is 29.6 Å². The zero-order chi connectivity index (χ0) is 30.7. The number of carbonyl (C=O) groups excluding carboxylic acids is 2. The SMILES string of the molecule is COc1c(Cl)cc(CN2C(=O)/C(=C\c3cc(C(=O)NCCN4CCCCC4)c[nH]3)c3c(Cl)nc(N)nc32)c(OC)c1OC. The third-order valence-corrected chi connectivity index (χ3v) is 8.01. The lowest BCUT2D eigenvalue weighted by atomic mass is 10.1. The van der Waals surface area contributed by atoms with Gasteiger partial charge in [0.1, 0.15) is 5.15 Å². The third kappa shape index (κ3) is 6.22. The number of nitrogens with two attached hydrogens (primary N) is 1. The summed E-state index contributed by atoms with van der Waals surface area (Å²) in [5.41, 5.74) is 7.96. The van der Waals surface area contributed by atoms with Gasteiger partial charge in [-0.15, -0.1) is 0 Å². The Balaban J connectivity index is 1.42. The number of aromatic amines is 1. The van der Waals surface area contributed by atoms with Gasteiger partial charge in [0.25, 0.3) is 11.8 Å². The van der Waals surface area contributed by atoms with E-state index >= 15 is 0 Å². The highest BCUT2D eigenvalue weighted by atomic mass is 35.5. The number of H-pyrrole nitrogens is 1. The maximum atomic E-state index is 13.9. The van der Waals surface area contributed by atoms with Crippen molar-refractivity contribution in [2.75, 3.05) is 58.1 Å². The number of nitrogens with one attached hydrogen (secondary N) is 2. The Bertz CT molecular complexity index is 1570.